The minimum Gasteiger partial charge on any atom is -0.496 e. The molecule has 0 spiro atoms. The number of carbonyl (C=O) groups excluding carboxylic acids is 1. The number of carbonyl (C=O) groups is 1. The molecule has 6 heteroatoms. The van der Waals surface area contributed by atoms with E-state index in [-0.39, 0.29) is 11.0 Å². The zero-order chi connectivity index (χ0) is 17.4. The van der Waals surface area contributed by atoms with E-state index in [1.165, 1.54) is 6.08 Å². The second-order valence-electron chi connectivity index (χ2n) is 4.84. The molecule has 0 aliphatic carbocycles. The van der Waals surface area contributed by atoms with Crippen molar-refractivity contribution in [3.63, 3.8) is 0 Å². The smallest absolute Gasteiger partial charge is 0.250 e. The van der Waals surface area contributed by atoms with Crippen LogP contribution in [-0.2, 0) is 11.3 Å². The molecule has 2 aromatic carbocycles. The number of benzene rings is 2. The van der Waals surface area contributed by atoms with Crippen LogP contribution in [0.4, 0.5) is 0 Å². The van der Waals surface area contributed by atoms with Crippen molar-refractivity contribution >= 4 is 40.9 Å². The van der Waals surface area contributed by atoms with Gasteiger partial charge in [0.25, 0.3) is 0 Å². The quantitative estimate of drug-likeness (QED) is 0.632. The summed E-state index contributed by atoms with van der Waals surface area (Å²) in [4.78, 5) is 11.9. The first-order chi connectivity index (χ1) is 11.6. The fourth-order valence-corrected chi connectivity index (χ4v) is 2.36. The van der Waals surface area contributed by atoms with Gasteiger partial charge in [0, 0.05) is 23.2 Å². The highest BCUT2D eigenvalue weighted by Crippen LogP contribution is 2.18. The largest absolute Gasteiger partial charge is 0.496 e. The molecule has 0 aromatic heterocycles. The molecule has 0 bridgehead atoms. The Labute approximate surface area is 151 Å². The number of hydrogen-bond donors (Lipinski definition) is 2. The Bertz CT molecular complexity index is 762. The highest BCUT2D eigenvalue weighted by molar-refractivity contribution is 7.80. The topological polar surface area (TPSA) is 50.4 Å². The standard InChI is InChI=1S/C18H17ClN2O2S/c1-23-16-9-5-3-6-13(16)10-11-17(22)21-18(24)20-12-14-7-2-4-8-15(14)19/h2-11H,12H2,1H3,(H2,20,21,22,24)/b11-10+. The molecule has 0 radical (unpaired) electrons. The zero-order valence-corrected chi connectivity index (χ0v) is 14.7. The molecule has 0 saturated carbocycles. The van der Waals surface area contributed by atoms with Crippen molar-refractivity contribution in [2.24, 2.45) is 0 Å². The van der Waals surface area contributed by atoms with Gasteiger partial charge in [-0.2, -0.15) is 0 Å². The normalized spacial score (nSPS) is 10.4. The molecule has 1 amide bonds. The van der Waals surface area contributed by atoms with Crippen LogP contribution in [-0.4, -0.2) is 18.1 Å². The van der Waals surface area contributed by atoms with Crippen LogP contribution in [0.1, 0.15) is 11.1 Å². The molecular weight excluding hydrogens is 344 g/mol. The van der Waals surface area contributed by atoms with Crippen LogP contribution in [0.3, 0.4) is 0 Å². The Morgan fingerprint density at radius 2 is 1.92 bits per heavy atom. The number of amides is 1. The predicted molar refractivity (Wildman–Crippen MR) is 101 cm³/mol. The lowest BCUT2D eigenvalue weighted by molar-refractivity contribution is -0.115. The van der Waals surface area contributed by atoms with Crippen LogP contribution in [0.25, 0.3) is 6.08 Å². The third kappa shape index (κ3) is 5.37. The van der Waals surface area contributed by atoms with E-state index in [0.717, 1.165) is 11.1 Å². The number of ether oxygens (including phenoxy) is 1. The summed E-state index contributed by atoms with van der Waals surface area (Å²) < 4.78 is 5.22. The van der Waals surface area contributed by atoms with Gasteiger partial charge in [0.15, 0.2) is 5.11 Å². The summed E-state index contributed by atoms with van der Waals surface area (Å²) >= 11 is 11.2. The van der Waals surface area contributed by atoms with E-state index in [1.54, 1.807) is 19.3 Å². The number of nitrogens with one attached hydrogen (secondary N) is 2. The third-order valence-corrected chi connectivity index (χ3v) is 3.80. The van der Waals surface area contributed by atoms with E-state index < -0.39 is 0 Å². The molecule has 2 N–H and O–H groups in total. The predicted octanol–water partition coefficient (Wildman–Crippen LogP) is 3.55. The lowest BCUT2D eigenvalue weighted by Gasteiger charge is -2.09. The van der Waals surface area contributed by atoms with Crippen molar-refractivity contribution < 1.29 is 9.53 Å². The first-order valence-corrected chi connectivity index (χ1v) is 8.02. The lowest BCUT2D eigenvalue weighted by atomic mass is 10.2. The average molecular weight is 361 g/mol. The molecular formula is C18H17ClN2O2S. The van der Waals surface area contributed by atoms with Crippen molar-refractivity contribution in [2.75, 3.05) is 7.11 Å². The first kappa shape index (κ1) is 18.0. The van der Waals surface area contributed by atoms with Gasteiger partial charge in [0.2, 0.25) is 5.91 Å². The van der Waals surface area contributed by atoms with Gasteiger partial charge in [-0.3, -0.25) is 10.1 Å². The van der Waals surface area contributed by atoms with E-state index in [2.05, 4.69) is 10.6 Å². The molecule has 0 unspecified atom stereocenters. The van der Waals surface area contributed by atoms with Crippen molar-refractivity contribution in [3.8, 4) is 5.75 Å². The molecule has 0 heterocycles. The summed E-state index contributed by atoms with van der Waals surface area (Å²) in [6, 6.07) is 14.9. The highest BCUT2D eigenvalue weighted by Gasteiger charge is 2.04. The summed E-state index contributed by atoms with van der Waals surface area (Å²) in [5.41, 5.74) is 1.71. The van der Waals surface area contributed by atoms with Crippen LogP contribution in [0.15, 0.2) is 54.6 Å². The summed E-state index contributed by atoms with van der Waals surface area (Å²) in [6.07, 6.45) is 3.08. The maximum absolute atomic E-state index is 11.9. The zero-order valence-electron chi connectivity index (χ0n) is 13.1. The average Bonchev–Trinajstić information content (AvgIpc) is 2.59. The van der Waals surface area contributed by atoms with Crippen LogP contribution in [0.2, 0.25) is 5.02 Å². The maximum Gasteiger partial charge on any atom is 0.250 e. The van der Waals surface area contributed by atoms with Crippen LogP contribution in [0, 0.1) is 0 Å². The van der Waals surface area contributed by atoms with Crippen molar-refractivity contribution in [2.45, 2.75) is 6.54 Å². The monoisotopic (exact) mass is 360 g/mol. The molecule has 124 valence electrons. The Morgan fingerprint density at radius 3 is 2.67 bits per heavy atom. The summed E-state index contributed by atoms with van der Waals surface area (Å²) in [5.74, 6) is 0.374. The van der Waals surface area contributed by atoms with E-state index in [9.17, 15) is 4.79 Å². The minimum absolute atomic E-state index is 0.240. The van der Waals surface area contributed by atoms with Crippen LogP contribution < -0.4 is 15.4 Å². The van der Waals surface area contributed by atoms with Crippen LogP contribution in [0.5, 0.6) is 5.75 Å². The SMILES string of the molecule is COc1ccccc1/C=C/C(=O)NC(=S)NCc1ccccc1Cl. The van der Waals surface area contributed by atoms with Crippen molar-refractivity contribution in [1.29, 1.82) is 0 Å². The molecule has 0 aliphatic rings. The number of halogens is 1. The van der Waals surface area contributed by atoms with Gasteiger partial charge < -0.3 is 10.1 Å². The number of thiocarbonyl (C=S) groups is 1. The maximum atomic E-state index is 11.9. The van der Waals surface area contributed by atoms with Crippen molar-refractivity contribution in [1.82, 2.24) is 10.6 Å². The second-order valence-corrected chi connectivity index (χ2v) is 5.65. The molecule has 0 aliphatic heterocycles. The summed E-state index contributed by atoms with van der Waals surface area (Å²) in [5, 5.41) is 6.42. The third-order valence-electron chi connectivity index (χ3n) is 3.19. The number of rotatable bonds is 5. The Balaban J connectivity index is 1.86. The summed E-state index contributed by atoms with van der Waals surface area (Å²) in [7, 11) is 1.58. The van der Waals surface area contributed by atoms with Gasteiger partial charge in [-0.15, -0.1) is 0 Å². The van der Waals surface area contributed by atoms with Crippen molar-refractivity contribution in [3.05, 3.63) is 70.8 Å². The van der Waals surface area contributed by atoms with Gasteiger partial charge in [0.05, 0.1) is 7.11 Å². The van der Waals surface area contributed by atoms with E-state index in [4.69, 9.17) is 28.6 Å². The molecule has 24 heavy (non-hydrogen) atoms. The number of methoxy groups -OCH3 is 1. The molecule has 2 aromatic rings. The minimum atomic E-state index is -0.322. The number of hydrogen-bond acceptors (Lipinski definition) is 3. The van der Waals surface area contributed by atoms with Gasteiger partial charge in [-0.05, 0) is 36.0 Å². The highest BCUT2D eigenvalue weighted by atomic mass is 35.5. The summed E-state index contributed by atoms with van der Waals surface area (Å²) in [6.45, 7) is 0.439. The molecule has 2 rings (SSSR count). The fraction of sp³-hybridized carbons (Fsp3) is 0.111. The van der Waals surface area contributed by atoms with Gasteiger partial charge >= 0.3 is 0 Å². The van der Waals surface area contributed by atoms with Gasteiger partial charge in [-0.25, -0.2) is 0 Å². The fourth-order valence-electron chi connectivity index (χ4n) is 1.98. The van der Waals surface area contributed by atoms with Gasteiger partial charge in [-0.1, -0.05) is 48.0 Å². The molecule has 0 fully saturated rings. The van der Waals surface area contributed by atoms with E-state index in [1.807, 2.05) is 42.5 Å². The molecule has 0 saturated heterocycles. The first-order valence-electron chi connectivity index (χ1n) is 7.23. The van der Waals surface area contributed by atoms with Crippen LogP contribution >= 0.6 is 23.8 Å². The Hall–Kier alpha value is -2.37. The lowest BCUT2D eigenvalue weighted by Crippen LogP contribution is -2.38. The number of para-hydroxylation sites is 1. The second kappa shape index (κ2) is 9.05. The van der Waals surface area contributed by atoms with E-state index >= 15 is 0 Å². The molecule has 4 nitrogen and oxygen atoms in total. The van der Waals surface area contributed by atoms with E-state index in [0.29, 0.717) is 17.3 Å². The molecule has 0 atom stereocenters. The Morgan fingerprint density at radius 1 is 1.21 bits per heavy atom. The van der Waals surface area contributed by atoms with Gasteiger partial charge in [0.1, 0.15) is 5.75 Å². The Kier molecular flexibility index (Phi) is 6.78.